The van der Waals surface area contributed by atoms with Gasteiger partial charge >= 0.3 is 0 Å². The summed E-state index contributed by atoms with van der Waals surface area (Å²) in [6, 6.07) is 5.51. The van der Waals surface area contributed by atoms with Crippen LogP contribution in [0.1, 0.15) is 37.7 Å². The molecule has 0 saturated heterocycles. The van der Waals surface area contributed by atoms with Gasteiger partial charge in [0.1, 0.15) is 5.75 Å². The number of amides is 1. The number of benzene rings is 1. The fourth-order valence-corrected chi connectivity index (χ4v) is 2.64. The van der Waals surface area contributed by atoms with Crippen LogP contribution in [-0.4, -0.2) is 19.6 Å². The van der Waals surface area contributed by atoms with Crippen LogP contribution in [-0.2, 0) is 4.79 Å². The van der Waals surface area contributed by atoms with E-state index in [0.717, 1.165) is 31.2 Å². The SMILES string of the molecule is COc1ccc(C#CCN)cc1NC(=O)C1CCCCC1. The predicted molar refractivity (Wildman–Crippen MR) is 84.1 cm³/mol. The summed E-state index contributed by atoms with van der Waals surface area (Å²) < 4.78 is 5.31. The molecule has 0 aromatic heterocycles. The molecule has 0 spiro atoms. The predicted octanol–water partition coefficient (Wildman–Crippen LogP) is 2.52. The summed E-state index contributed by atoms with van der Waals surface area (Å²) in [6.45, 7) is 0.315. The number of rotatable bonds is 3. The number of ether oxygens (including phenoxy) is 1. The van der Waals surface area contributed by atoms with Crippen molar-refractivity contribution in [2.45, 2.75) is 32.1 Å². The Labute approximate surface area is 126 Å². The van der Waals surface area contributed by atoms with E-state index in [1.54, 1.807) is 7.11 Å². The third kappa shape index (κ3) is 4.24. The van der Waals surface area contributed by atoms with Crippen molar-refractivity contribution < 1.29 is 9.53 Å². The maximum absolute atomic E-state index is 12.3. The first-order chi connectivity index (χ1) is 10.2. The molecule has 0 unspecified atom stereocenters. The monoisotopic (exact) mass is 286 g/mol. The standard InChI is InChI=1S/C17H22N2O2/c1-21-16-10-9-13(6-5-11-18)12-15(16)19-17(20)14-7-3-2-4-8-14/h9-10,12,14H,2-4,7-8,11,18H2,1H3,(H,19,20). The van der Waals surface area contributed by atoms with Crippen LogP contribution in [0.2, 0.25) is 0 Å². The Morgan fingerprint density at radius 2 is 2.14 bits per heavy atom. The molecule has 1 aromatic rings. The lowest BCUT2D eigenvalue weighted by molar-refractivity contribution is -0.120. The lowest BCUT2D eigenvalue weighted by Crippen LogP contribution is -2.25. The Balaban J connectivity index is 2.14. The summed E-state index contributed by atoms with van der Waals surface area (Å²) in [4.78, 5) is 12.3. The maximum Gasteiger partial charge on any atom is 0.227 e. The Kier molecular flexibility index (Phi) is 5.65. The van der Waals surface area contributed by atoms with Crippen LogP contribution in [0, 0.1) is 17.8 Å². The van der Waals surface area contributed by atoms with E-state index in [4.69, 9.17) is 10.5 Å². The van der Waals surface area contributed by atoms with E-state index < -0.39 is 0 Å². The molecule has 112 valence electrons. The Hall–Kier alpha value is -1.99. The average molecular weight is 286 g/mol. The summed E-state index contributed by atoms with van der Waals surface area (Å²) >= 11 is 0. The minimum atomic E-state index is 0.0805. The highest BCUT2D eigenvalue weighted by molar-refractivity contribution is 5.94. The van der Waals surface area contributed by atoms with Gasteiger partial charge in [0, 0.05) is 11.5 Å². The van der Waals surface area contributed by atoms with Crippen molar-refractivity contribution in [1.82, 2.24) is 0 Å². The van der Waals surface area contributed by atoms with Gasteiger partial charge in [-0.1, -0.05) is 31.1 Å². The minimum Gasteiger partial charge on any atom is -0.495 e. The molecule has 0 aliphatic heterocycles. The van der Waals surface area contributed by atoms with Crippen LogP contribution in [0.15, 0.2) is 18.2 Å². The first kappa shape index (κ1) is 15.4. The van der Waals surface area contributed by atoms with Crippen molar-refractivity contribution in [1.29, 1.82) is 0 Å². The number of methoxy groups -OCH3 is 1. The normalized spacial score (nSPS) is 15.0. The second-order valence-corrected chi connectivity index (χ2v) is 5.25. The van der Waals surface area contributed by atoms with Crippen LogP contribution in [0.5, 0.6) is 5.75 Å². The number of carbonyl (C=O) groups excluding carboxylic acids is 1. The van der Waals surface area contributed by atoms with Gasteiger partial charge in [0.05, 0.1) is 19.3 Å². The first-order valence-corrected chi connectivity index (χ1v) is 7.42. The summed E-state index contributed by atoms with van der Waals surface area (Å²) in [6.07, 6.45) is 5.45. The zero-order valence-corrected chi connectivity index (χ0v) is 12.4. The van der Waals surface area contributed by atoms with Gasteiger partial charge in [-0.25, -0.2) is 0 Å². The van der Waals surface area contributed by atoms with Gasteiger partial charge in [0.15, 0.2) is 0 Å². The van der Waals surface area contributed by atoms with Crippen molar-refractivity contribution in [3.63, 3.8) is 0 Å². The van der Waals surface area contributed by atoms with Gasteiger partial charge < -0.3 is 15.8 Å². The van der Waals surface area contributed by atoms with E-state index in [-0.39, 0.29) is 11.8 Å². The van der Waals surface area contributed by atoms with Crippen LogP contribution >= 0.6 is 0 Å². The minimum absolute atomic E-state index is 0.0805. The lowest BCUT2D eigenvalue weighted by atomic mass is 9.88. The van der Waals surface area contributed by atoms with E-state index in [0.29, 0.717) is 18.0 Å². The molecule has 0 heterocycles. The maximum atomic E-state index is 12.3. The molecule has 1 saturated carbocycles. The summed E-state index contributed by atoms with van der Waals surface area (Å²) in [5, 5.41) is 2.99. The molecule has 1 aliphatic carbocycles. The van der Waals surface area contributed by atoms with Gasteiger partial charge in [0.25, 0.3) is 0 Å². The van der Waals surface area contributed by atoms with Crippen molar-refractivity contribution in [3.8, 4) is 17.6 Å². The van der Waals surface area contributed by atoms with Crippen molar-refractivity contribution in [3.05, 3.63) is 23.8 Å². The fraction of sp³-hybridized carbons (Fsp3) is 0.471. The van der Waals surface area contributed by atoms with Crippen LogP contribution in [0.4, 0.5) is 5.69 Å². The van der Waals surface area contributed by atoms with Crippen LogP contribution in [0.25, 0.3) is 0 Å². The smallest absolute Gasteiger partial charge is 0.227 e. The molecule has 1 aliphatic rings. The van der Waals surface area contributed by atoms with Crippen LogP contribution in [0.3, 0.4) is 0 Å². The first-order valence-electron chi connectivity index (χ1n) is 7.42. The molecule has 3 N–H and O–H groups in total. The van der Waals surface area contributed by atoms with Crippen molar-refractivity contribution in [2.24, 2.45) is 11.7 Å². The number of hydrogen-bond donors (Lipinski definition) is 2. The molecule has 1 fully saturated rings. The third-order valence-electron chi connectivity index (χ3n) is 3.77. The molecule has 1 aromatic carbocycles. The number of nitrogens with one attached hydrogen (secondary N) is 1. The van der Waals surface area contributed by atoms with E-state index in [9.17, 15) is 4.79 Å². The zero-order chi connectivity index (χ0) is 15.1. The van der Waals surface area contributed by atoms with Crippen molar-refractivity contribution >= 4 is 11.6 Å². The topological polar surface area (TPSA) is 64.3 Å². The van der Waals surface area contributed by atoms with E-state index in [2.05, 4.69) is 17.2 Å². The van der Waals surface area contributed by atoms with E-state index >= 15 is 0 Å². The highest BCUT2D eigenvalue weighted by Crippen LogP contribution is 2.29. The number of carbonyl (C=O) groups is 1. The average Bonchev–Trinajstić information content (AvgIpc) is 2.54. The second-order valence-electron chi connectivity index (χ2n) is 5.25. The second kappa shape index (κ2) is 7.70. The molecule has 0 atom stereocenters. The van der Waals surface area contributed by atoms with E-state index in [1.807, 2.05) is 18.2 Å². The number of nitrogens with two attached hydrogens (primary N) is 1. The van der Waals surface area contributed by atoms with Crippen LogP contribution < -0.4 is 15.8 Å². The van der Waals surface area contributed by atoms with E-state index in [1.165, 1.54) is 6.42 Å². The van der Waals surface area contributed by atoms with Gasteiger partial charge in [-0.2, -0.15) is 0 Å². The van der Waals surface area contributed by atoms with Crippen molar-refractivity contribution in [2.75, 3.05) is 19.0 Å². The number of anilines is 1. The fourth-order valence-electron chi connectivity index (χ4n) is 2.64. The molecule has 0 radical (unpaired) electrons. The zero-order valence-electron chi connectivity index (χ0n) is 12.4. The highest BCUT2D eigenvalue weighted by atomic mass is 16.5. The molecular weight excluding hydrogens is 264 g/mol. The van der Waals surface area contributed by atoms with Gasteiger partial charge in [-0.15, -0.1) is 0 Å². The Bertz CT molecular complexity index is 552. The summed E-state index contributed by atoms with van der Waals surface area (Å²) in [5.74, 6) is 6.62. The highest BCUT2D eigenvalue weighted by Gasteiger charge is 2.21. The molecule has 0 bridgehead atoms. The van der Waals surface area contributed by atoms with Gasteiger partial charge in [-0.3, -0.25) is 4.79 Å². The Morgan fingerprint density at radius 1 is 1.38 bits per heavy atom. The third-order valence-corrected chi connectivity index (χ3v) is 3.77. The molecule has 4 heteroatoms. The molecule has 1 amide bonds. The molecule has 21 heavy (non-hydrogen) atoms. The quantitative estimate of drug-likeness (QED) is 0.839. The Morgan fingerprint density at radius 3 is 2.81 bits per heavy atom. The summed E-state index contributed by atoms with van der Waals surface area (Å²) in [7, 11) is 1.59. The molecule has 4 nitrogen and oxygen atoms in total. The van der Waals surface area contributed by atoms with Gasteiger partial charge in [0.2, 0.25) is 5.91 Å². The summed E-state index contributed by atoms with van der Waals surface area (Å²) in [5.41, 5.74) is 6.88. The largest absolute Gasteiger partial charge is 0.495 e. The number of hydrogen-bond acceptors (Lipinski definition) is 3. The molecular formula is C17H22N2O2. The lowest BCUT2D eigenvalue weighted by Gasteiger charge is -2.21. The van der Waals surface area contributed by atoms with Gasteiger partial charge in [-0.05, 0) is 31.0 Å². The molecule has 2 rings (SSSR count).